The van der Waals surface area contributed by atoms with Crippen molar-refractivity contribution >= 4 is 43.1 Å². The molecule has 5 rings (SSSR count). The summed E-state index contributed by atoms with van der Waals surface area (Å²) in [4.78, 5) is 24.2. The van der Waals surface area contributed by atoms with Crippen LogP contribution in [0.5, 0.6) is 0 Å². The van der Waals surface area contributed by atoms with Gasteiger partial charge in [-0.3, -0.25) is 9.55 Å². The monoisotopic (exact) mass is 465 g/mol. The quantitative estimate of drug-likeness (QED) is 0.390. The van der Waals surface area contributed by atoms with Gasteiger partial charge in [-0.25, -0.2) is 9.78 Å². The topological polar surface area (TPSA) is 65.1 Å². The van der Waals surface area contributed by atoms with Crippen molar-refractivity contribution in [2.24, 2.45) is 0 Å². The first-order valence-corrected chi connectivity index (χ1v) is 10.7. The SMILES string of the molecule is Cc1sc2c(c1C)c1nc(-c3ccncc3)nn1c(=O)n2Cc1ccc(Br)cc1. The Morgan fingerprint density at radius 2 is 1.79 bits per heavy atom. The van der Waals surface area contributed by atoms with Gasteiger partial charge in [0.15, 0.2) is 11.5 Å². The van der Waals surface area contributed by atoms with Crippen LogP contribution >= 0.6 is 27.3 Å². The molecule has 4 heterocycles. The third-order valence-corrected chi connectivity index (χ3v) is 6.81. The molecule has 0 saturated carbocycles. The summed E-state index contributed by atoms with van der Waals surface area (Å²) in [6.45, 7) is 4.62. The van der Waals surface area contributed by atoms with E-state index >= 15 is 0 Å². The number of hydrogen-bond acceptors (Lipinski definition) is 5. The summed E-state index contributed by atoms with van der Waals surface area (Å²) >= 11 is 5.09. The van der Waals surface area contributed by atoms with Gasteiger partial charge in [-0.2, -0.15) is 4.52 Å². The highest BCUT2D eigenvalue weighted by atomic mass is 79.9. The van der Waals surface area contributed by atoms with Crippen LogP contribution in [0, 0.1) is 13.8 Å². The Hall–Kier alpha value is -2.84. The number of halogens is 1. The fourth-order valence-electron chi connectivity index (χ4n) is 3.41. The zero-order valence-corrected chi connectivity index (χ0v) is 18.2. The first-order chi connectivity index (χ1) is 14.0. The molecule has 0 amide bonds. The molecule has 4 aromatic heterocycles. The van der Waals surface area contributed by atoms with Crippen LogP contribution in [-0.4, -0.2) is 24.1 Å². The molecule has 0 N–H and O–H groups in total. The van der Waals surface area contributed by atoms with Crippen LogP contribution in [0.4, 0.5) is 0 Å². The molecular formula is C21H16BrN5OS. The van der Waals surface area contributed by atoms with Crippen LogP contribution in [0.15, 0.2) is 58.1 Å². The minimum absolute atomic E-state index is 0.190. The largest absolute Gasteiger partial charge is 0.352 e. The van der Waals surface area contributed by atoms with Crippen LogP contribution in [0.2, 0.25) is 0 Å². The van der Waals surface area contributed by atoms with Crippen molar-refractivity contribution in [1.82, 2.24) is 24.1 Å². The highest BCUT2D eigenvalue weighted by Crippen LogP contribution is 2.32. The van der Waals surface area contributed by atoms with Crippen molar-refractivity contribution in [3.8, 4) is 11.4 Å². The molecule has 0 aliphatic carbocycles. The van der Waals surface area contributed by atoms with E-state index in [2.05, 4.69) is 39.9 Å². The minimum atomic E-state index is -0.190. The number of aromatic nitrogens is 5. The Kier molecular flexibility index (Phi) is 4.33. The second-order valence-electron chi connectivity index (χ2n) is 6.87. The van der Waals surface area contributed by atoms with Gasteiger partial charge < -0.3 is 0 Å². The van der Waals surface area contributed by atoms with Gasteiger partial charge in [0.05, 0.1) is 11.9 Å². The first kappa shape index (κ1) is 18.2. The standard InChI is InChI=1S/C21H16BrN5OS/c1-12-13(2)29-20-17(12)19-24-18(15-7-9-23-10-8-15)25-27(19)21(28)26(20)11-14-3-5-16(22)6-4-14/h3-10H,11H2,1-2H3. The van der Waals surface area contributed by atoms with Gasteiger partial charge in [-0.05, 0) is 49.2 Å². The van der Waals surface area contributed by atoms with Crippen molar-refractivity contribution in [2.45, 2.75) is 20.4 Å². The van der Waals surface area contributed by atoms with Crippen LogP contribution in [-0.2, 0) is 6.54 Å². The third-order valence-electron chi connectivity index (χ3n) is 5.05. The van der Waals surface area contributed by atoms with Gasteiger partial charge in [0.25, 0.3) is 0 Å². The lowest BCUT2D eigenvalue weighted by molar-refractivity contribution is 0.720. The Labute approximate surface area is 178 Å². The number of hydrogen-bond donors (Lipinski definition) is 0. The zero-order chi connectivity index (χ0) is 20.1. The van der Waals surface area contributed by atoms with Gasteiger partial charge in [-0.15, -0.1) is 16.4 Å². The molecule has 0 bridgehead atoms. The summed E-state index contributed by atoms with van der Waals surface area (Å²) < 4.78 is 4.23. The van der Waals surface area contributed by atoms with Crippen molar-refractivity contribution in [3.05, 3.63) is 79.8 Å². The zero-order valence-electron chi connectivity index (χ0n) is 15.8. The molecule has 5 aromatic rings. The molecule has 144 valence electrons. The van der Waals surface area contributed by atoms with Crippen LogP contribution in [0.3, 0.4) is 0 Å². The Morgan fingerprint density at radius 3 is 2.52 bits per heavy atom. The first-order valence-electron chi connectivity index (χ1n) is 9.07. The van der Waals surface area contributed by atoms with E-state index in [1.807, 2.05) is 36.4 Å². The average molecular weight is 466 g/mol. The number of pyridine rings is 1. The average Bonchev–Trinajstić information content (AvgIpc) is 3.29. The summed E-state index contributed by atoms with van der Waals surface area (Å²) in [6, 6.07) is 11.7. The molecule has 0 spiro atoms. The van der Waals surface area contributed by atoms with Crippen molar-refractivity contribution in [2.75, 3.05) is 0 Å². The maximum Gasteiger partial charge on any atom is 0.352 e. The summed E-state index contributed by atoms with van der Waals surface area (Å²) in [5.41, 5.74) is 3.43. The molecule has 0 radical (unpaired) electrons. The molecule has 1 aromatic carbocycles. The summed E-state index contributed by atoms with van der Waals surface area (Å²) in [5.74, 6) is 0.524. The summed E-state index contributed by atoms with van der Waals surface area (Å²) in [5, 5.41) is 5.52. The van der Waals surface area contributed by atoms with Crippen LogP contribution < -0.4 is 5.69 Å². The van der Waals surface area contributed by atoms with E-state index in [4.69, 9.17) is 4.98 Å². The van der Waals surface area contributed by atoms with E-state index < -0.39 is 0 Å². The van der Waals surface area contributed by atoms with E-state index in [1.54, 1.807) is 28.3 Å². The maximum absolute atomic E-state index is 13.4. The Morgan fingerprint density at radius 1 is 1.07 bits per heavy atom. The van der Waals surface area contributed by atoms with E-state index in [0.29, 0.717) is 18.0 Å². The number of nitrogens with zero attached hydrogens (tertiary/aromatic N) is 5. The fourth-order valence-corrected chi connectivity index (χ4v) is 4.81. The van der Waals surface area contributed by atoms with E-state index in [9.17, 15) is 4.79 Å². The second kappa shape index (κ2) is 6.89. The third kappa shape index (κ3) is 2.99. The molecule has 29 heavy (non-hydrogen) atoms. The number of rotatable bonds is 3. The van der Waals surface area contributed by atoms with E-state index in [0.717, 1.165) is 31.4 Å². The molecule has 0 aliphatic heterocycles. The number of aryl methyl sites for hydroxylation is 2. The molecule has 6 nitrogen and oxygen atoms in total. The van der Waals surface area contributed by atoms with Crippen molar-refractivity contribution < 1.29 is 0 Å². The van der Waals surface area contributed by atoms with Gasteiger partial charge in [0.2, 0.25) is 0 Å². The Bertz CT molecular complexity index is 1420. The lowest BCUT2D eigenvalue weighted by Crippen LogP contribution is -2.27. The molecule has 0 aliphatic rings. The number of thiophene rings is 1. The van der Waals surface area contributed by atoms with Crippen molar-refractivity contribution in [3.63, 3.8) is 0 Å². The Balaban J connectivity index is 1.80. The van der Waals surface area contributed by atoms with Crippen LogP contribution in [0.25, 0.3) is 27.3 Å². The number of benzene rings is 1. The van der Waals surface area contributed by atoms with Crippen molar-refractivity contribution in [1.29, 1.82) is 0 Å². The smallest absolute Gasteiger partial charge is 0.278 e. The predicted octanol–water partition coefficient (Wildman–Crippen LogP) is 4.60. The van der Waals surface area contributed by atoms with E-state index in [1.165, 1.54) is 9.39 Å². The molecule has 0 unspecified atom stereocenters. The highest BCUT2D eigenvalue weighted by Gasteiger charge is 2.20. The van der Waals surface area contributed by atoms with Crippen LogP contribution in [0.1, 0.15) is 16.0 Å². The molecule has 8 heteroatoms. The van der Waals surface area contributed by atoms with E-state index in [-0.39, 0.29) is 5.69 Å². The minimum Gasteiger partial charge on any atom is -0.278 e. The lowest BCUT2D eigenvalue weighted by atomic mass is 10.2. The molecule has 0 atom stereocenters. The number of fused-ring (bicyclic) bond motifs is 3. The lowest BCUT2D eigenvalue weighted by Gasteiger charge is -2.09. The van der Waals surface area contributed by atoms with Gasteiger partial charge in [0.1, 0.15) is 4.83 Å². The van der Waals surface area contributed by atoms with Gasteiger partial charge in [-0.1, -0.05) is 28.1 Å². The molecule has 0 saturated heterocycles. The summed E-state index contributed by atoms with van der Waals surface area (Å²) in [7, 11) is 0. The summed E-state index contributed by atoms with van der Waals surface area (Å²) in [6.07, 6.45) is 3.39. The highest BCUT2D eigenvalue weighted by molar-refractivity contribution is 9.10. The maximum atomic E-state index is 13.4. The normalized spacial score (nSPS) is 11.6. The molecular weight excluding hydrogens is 450 g/mol. The van der Waals surface area contributed by atoms with Gasteiger partial charge in [0, 0.05) is 27.3 Å². The second-order valence-corrected chi connectivity index (χ2v) is 8.98. The fraction of sp³-hybridized carbons (Fsp3) is 0.143. The molecule has 0 fully saturated rings. The van der Waals surface area contributed by atoms with Gasteiger partial charge >= 0.3 is 5.69 Å². The predicted molar refractivity (Wildman–Crippen MR) is 119 cm³/mol.